The largest absolute Gasteiger partial charge is 0.673 e. The summed E-state index contributed by atoms with van der Waals surface area (Å²) in [6.07, 6.45) is 0. The summed E-state index contributed by atoms with van der Waals surface area (Å²) in [4.78, 5) is 5.15. The van der Waals surface area contributed by atoms with Crippen LogP contribution in [-0.2, 0) is 0 Å². The molecule has 0 saturated heterocycles. The van der Waals surface area contributed by atoms with E-state index < -0.39 is 7.25 Å². The molecule has 1 aromatic rings. The highest BCUT2D eigenvalue weighted by atomic mass is 19.5. The fourth-order valence-electron chi connectivity index (χ4n) is 1.39. The van der Waals surface area contributed by atoms with Crippen molar-refractivity contribution in [2.75, 3.05) is 24.6 Å². The Morgan fingerprint density at radius 1 is 1.26 bits per heavy atom. The van der Waals surface area contributed by atoms with Crippen LogP contribution >= 0.6 is 0 Å². The monoisotopic (exact) mass is 279 g/mol. The second-order valence-corrected chi connectivity index (χ2v) is 3.39. The number of hydrogen-bond donors (Lipinski definition) is 1. The molecule has 1 N–H and O–H groups in total. The van der Waals surface area contributed by atoms with E-state index in [0.717, 1.165) is 12.2 Å². The zero-order valence-electron chi connectivity index (χ0n) is 10.3. The first-order valence-corrected chi connectivity index (χ1v) is 5.50. The average Bonchev–Trinajstić information content (AvgIpc) is 2.34. The van der Waals surface area contributed by atoms with Gasteiger partial charge >= 0.3 is 12.9 Å². The molecule has 0 aromatic heterocycles. The van der Waals surface area contributed by atoms with Gasteiger partial charge < -0.3 is 27.3 Å². The molecule has 0 bridgehead atoms. The van der Waals surface area contributed by atoms with Crippen LogP contribution in [0.15, 0.2) is 24.3 Å². The Balaban J connectivity index is 0.000000555. The molecule has 0 aliphatic carbocycles. The van der Waals surface area contributed by atoms with Crippen LogP contribution in [0.2, 0.25) is 0 Å². The summed E-state index contributed by atoms with van der Waals surface area (Å²) in [6.45, 7) is 3.40. The average molecular weight is 279 g/mol. The fraction of sp³-hybridized carbons (Fsp3) is 0.400. The number of nitrogens with zero attached hydrogens (tertiary/aromatic N) is 3. The van der Waals surface area contributed by atoms with Gasteiger partial charge in [-0.05, 0) is 13.0 Å². The summed E-state index contributed by atoms with van der Waals surface area (Å²) in [7, 11) is -6.00. The third kappa shape index (κ3) is 7.99. The van der Waals surface area contributed by atoms with Crippen molar-refractivity contribution in [2.24, 2.45) is 0 Å². The minimum atomic E-state index is -6.00. The summed E-state index contributed by atoms with van der Waals surface area (Å²) in [5.74, 6) is 0. The third-order valence-electron chi connectivity index (χ3n) is 2.08. The number of halogens is 4. The predicted molar refractivity (Wildman–Crippen MR) is 66.3 cm³/mol. The van der Waals surface area contributed by atoms with Gasteiger partial charge in [-0.2, -0.15) is 0 Å². The SMILES string of the molecule is CCN(CCO)c1ccccc1[N+]#N.F[B-](F)(F)F. The van der Waals surface area contributed by atoms with Gasteiger partial charge in [0.15, 0.2) is 4.98 Å². The molecule has 1 rings (SSSR count). The minimum Gasteiger partial charge on any atom is -0.418 e. The summed E-state index contributed by atoms with van der Waals surface area (Å²) >= 11 is 0. The van der Waals surface area contributed by atoms with Gasteiger partial charge in [0.25, 0.3) is 0 Å². The van der Waals surface area contributed by atoms with Crippen LogP contribution in [0, 0.1) is 5.39 Å². The Morgan fingerprint density at radius 2 is 1.79 bits per heavy atom. The van der Waals surface area contributed by atoms with Crippen LogP contribution in [0.3, 0.4) is 0 Å². The fourth-order valence-corrected chi connectivity index (χ4v) is 1.39. The van der Waals surface area contributed by atoms with E-state index >= 15 is 0 Å². The van der Waals surface area contributed by atoms with E-state index in [1.165, 1.54) is 0 Å². The molecule has 0 aliphatic rings. The molecule has 0 spiro atoms. The van der Waals surface area contributed by atoms with Crippen LogP contribution in [0.1, 0.15) is 6.92 Å². The number of aliphatic hydroxyl groups excluding tert-OH is 1. The first-order valence-electron chi connectivity index (χ1n) is 5.50. The quantitative estimate of drug-likeness (QED) is 0.522. The Morgan fingerprint density at radius 3 is 2.21 bits per heavy atom. The van der Waals surface area contributed by atoms with Crippen LogP contribution < -0.4 is 4.90 Å². The maximum atomic E-state index is 9.75. The number of rotatable bonds is 4. The molecule has 0 amide bonds. The summed E-state index contributed by atoms with van der Waals surface area (Å²) in [5.41, 5.74) is 1.37. The van der Waals surface area contributed by atoms with Gasteiger partial charge in [0.05, 0.1) is 6.61 Å². The number of aliphatic hydroxyl groups is 1. The van der Waals surface area contributed by atoms with Gasteiger partial charge in [0, 0.05) is 19.2 Å². The Hall–Kier alpha value is -1.82. The van der Waals surface area contributed by atoms with Crippen molar-refractivity contribution in [2.45, 2.75) is 6.92 Å². The lowest BCUT2D eigenvalue weighted by Crippen LogP contribution is -2.26. The van der Waals surface area contributed by atoms with E-state index in [4.69, 9.17) is 10.5 Å². The molecular weight excluding hydrogens is 265 g/mol. The van der Waals surface area contributed by atoms with Crippen LogP contribution in [0.5, 0.6) is 0 Å². The van der Waals surface area contributed by atoms with E-state index in [0.29, 0.717) is 12.2 Å². The van der Waals surface area contributed by atoms with Gasteiger partial charge in [0.1, 0.15) is 5.69 Å². The Labute approximate surface area is 108 Å². The lowest BCUT2D eigenvalue weighted by Gasteiger charge is -2.19. The molecule has 0 atom stereocenters. The molecular formula is C10H14BF4N3O. The molecule has 0 saturated carbocycles. The zero-order chi connectivity index (χ0) is 14.9. The van der Waals surface area contributed by atoms with Crippen LogP contribution in [0.25, 0.3) is 4.98 Å². The van der Waals surface area contributed by atoms with Gasteiger partial charge in [-0.15, -0.1) is 0 Å². The molecule has 106 valence electrons. The number of benzene rings is 1. The van der Waals surface area contributed by atoms with Crippen molar-refractivity contribution in [3.05, 3.63) is 29.2 Å². The molecule has 0 heterocycles. The maximum absolute atomic E-state index is 9.75. The van der Waals surface area contributed by atoms with E-state index in [9.17, 15) is 17.3 Å². The first kappa shape index (κ1) is 17.2. The lowest BCUT2D eigenvalue weighted by molar-refractivity contribution is 0.302. The van der Waals surface area contributed by atoms with Crippen LogP contribution in [0.4, 0.5) is 28.6 Å². The predicted octanol–water partition coefficient (Wildman–Crippen LogP) is 3.29. The number of hydrogen-bond acceptors (Lipinski definition) is 3. The van der Waals surface area contributed by atoms with Gasteiger partial charge in [-0.25, -0.2) is 0 Å². The van der Waals surface area contributed by atoms with Gasteiger partial charge in [0.2, 0.25) is 5.39 Å². The standard InChI is InChI=1S/C10H14N3O.BF4/c1-2-13(7-8-14)10-6-4-3-5-9(10)12-11;2-1(3,4)5/h3-6,14H,2,7-8H2,1H3;/q+1;-1. The van der Waals surface area contributed by atoms with Crippen molar-refractivity contribution in [3.63, 3.8) is 0 Å². The molecule has 19 heavy (non-hydrogen) atoms. The number of likely N-dealkylation sites (N-methyl/N-ethyl adjacent to an activating group) is 1. The van der Waals surface area contributed by atoms with Crippen molar-refractivity contribution >= 4 is 18.6 Å². The van der Waals surface area contributed by atoms with Crippen molar-refractivity contribution in [1.29, 1.82) is 5.39 Å². The van der Waals surface area contributed by atoms with Crippen LogP contribution in [-0.4, -0.2) is 32.1 Å². The highest BCUT2D eigenvalue weighted by Crippen LogP contribution is 2.27. The molecule has 4 nitrogen and oxygen atoms in total. The number of anilines is 1. The molecule has 1 aromatic carbocycles. The van der Waals surface area contributed by atoms with E-state index in [1.54, 1.807) is 6.07 Å². The van der Waals surface area contributed by atoms with Crippen molar-refractivity contribution < 1.29 is 22.4 Å². The van der Waals surface area contributed by atoms with Crippen molar-refractivity contribution in [3.8, 4) is 0 Å². The highest BCUT2D eigenvalue weighted by molar-refractivity contribution is 6.50. The number of para-hydroxylation sites is 1. The van der Waals surface area contributed by atoms with Gasteiger partial charge in [-0.3, -0.25) is 0 Å². The molecule has 0 radical (unpaired) electrons. The Bertz CT molecular complexity index is 416. The van der Waals surface area contributed by atoms with E-state index in [-0.39, 0.29) is 6.61 Å². The second kappa shape index (κ2) is 8.32. The summed E-state index contributed by atoms with van der Waals surface area (Å²) in [6, 6.07) is 7.29. The third-order valence-corrected chi connectivity index (χ3v) is 2.08. The summed E-state index contributed by atoms with van der Waals surface area (Å²) < 4.78 is 39.0. The highest BCUT2D eigenvalue weighted by Gasteiger charge is 2.20. The molecule has 0 unspecified atom stereocenters. The topological polar surface area (TPSA) is 51.6 Å². The number of diazo groups is 1. The van der Waals surface area contributed by atoms with E-state index in [2.05, 4.69) is 4.98 Å². The smallest absolute Gasteiger partial charge is 0.418 e. The van der Waals surface area contributed by atoms with E-state index in [1.807, 2.05) is 30.0 Å². The Kier molecular flexibility index (Phi) is 7.52. The van der Waals surface area contributed by atoms with Gasteiger partial charge in [-0.1, -0.05) is 12.1 Å². The second-order valence-electron chi connectivity index (χ2n) is 3.39. The maximum Gasteiger partial charge on any atom is 0.673 e. The minimum absolute atomic E-state index is 0.0909. The lowest BCUT2D eigenvalue weighted by atomic mass is 10.2. The summed E-state index contributed by atoms with van der Waals surface area (Å²) in [5, 5.41) is 17.6. The zero-order valence-corrected chi connectivity index (χ0v) is 10.3. The molecule has 0 aliphatic heterocycles. The normalized spacial score (nSPS) is 10.2. The van der Waals surface area contributed by atoms with Crippen molar-refractivity contribution in [1.82, 2.24) is 0 Å². The molecule has 9 heteroatoms. The first-order chi connectivity index (χ1) is 8.83. The molecule has 0 fully saturated rings.